The summed E-state index contributed by atoms with van der Waals surface area (Å²) in [5.74, 6) is 0.0670. The molecule has 0 saturated heterocycles. The number of carbonyl (C=O) groups excluding carboxylic acids is 1. The van der Waals surface area contributed by atoms with Gasteiger partial charge in [0.1, 0.15) is 19.2 Å². The minimum absolute atomic E-state index is 0.0670. The second kappa shape index (κ2) is 6.92. The van der Waals surface area contributed by atoms with Gasteiger partial charge >= 0.3 is 0 Å². The lowest BCUT2D eigenvalue weighted by Gasteiger charge is -2.29. The molecule has 5 nitrogen and oxygen atoms in total. The van der Waals surface area contributed by atoms with Crippen molar-refractivity contribution in [3.05, 3.63) is 47.5 Å². The molecule has 0 N–H and O–H groups in total. The monoisotopic (exact) mass is 318 g/mol. The van der Waals surface area contributed by atoms with Gasteiger partial charge in [-0.25, -0.2) is 9.67 Å². The maximum absolute atomic E-state index is 12.7. The highest BCUT2D eigenvalue weighted by Gasteiger charge is 2.27. The van der Waals surface area contributed by atoms with Crippen LogP contribution in [0, 0.1) is 0 Å². The minimum Gasteiger partial charge on any atom is -0.334 e. The third kappa shape index (κ3) is 3.47. The maximum Gasteiger partial charge on any atom is 0.244 e. The highest BCUT2D eigenvalue weighted by Crippen LogP contribution is 2.27. The van der Waals surface area contributed by atoms with Crippen LogP contribution >= 0.6 is 11.6 Å². The fourth-order valence-corrected chi connectivity index (χ4v) is 3.19. The summed E-state index contributed by atoms with van der Waals surface area (Å²) in [7, 11) is 0. The summed E-state index contributed by atoms with van der Waals surface area (Å²) in [5.41, 5.74) is 0.989. The summed E-state index contributed by atoms with van der Waals surface area (Å²) in [6.07, 6.45) is 7.50. The van der Waals surface area contributed by atoms with Crippen LogP contribution in [0.3, 0.4) is 0 Å². The zero-order valence-corrected chi connectivity index (χ0v) is 13.1. The number of carbonyl (C=O) groups is 1. The van der Waals surface area contributed by atoms with Crippen LogP contribution in [0.25, 0.3) is 0 Å². The summed E-state index contributed by atoms with van der Waals surface area (Å²) in [6.45, 7) is 0.777. The van der Waals surface area contributed by atoms with Crippen LogP contribution in [0.2, 0.25) is 5.02 Å². The first-order valence-electron chi connectivity index (χ1n) is 7.59. The Kier molecular flexibility index (Phi) is 4.73. The van der Waals surface area contributed by atoms with Crippen LogP contribution in [0.15, 0.2) is 36.9 Å². The molecule has 0 radical (unpaired) electrons. The molecule has 2 aromatic rings. The van der Waals surface area contributed by atoms with Crippen molar-refractivity contribution in [3.63, 3.8) is 0 Å². The molecule has 6 heteroatoms. The lowest BCUT2D eigenvalue weighted by atomic mass is 10.1. The molecule has 116 valence electrons. The van der Waals surface area contributed by atoms with E-state index in [9.17, 15) is 4.79 Å². The van der Waals surface area contributed by atoms with E-state index in [-0.39, 0.29) is 12.5 Å². The van der Waals surface area contributed by atoms with Crippen LogP contribution in [0.5, 0.6) is 0 Å². The van der Waals surface area contributed by atoms with Crippen molar-refractivity contribution in [2.45, 2.75) is 44.8 Å². The van der Waals surface area contributed by atoms with Gasteiger partial charge in [0.15, 0.2) is 0 Å². The van der Waals surface area contributed by atoms with Gasteiger partial charge in [0, 0.05) is 17.6 Å². The smallest absolute Gasteiger partial charge is 0.244 e. The standard InChI is InChI=1S/C16H19ClN4O/c17-15-8-4-1-5-13(15)9-21(14-6-2-3-7-14)16(22)10-20-12-18-11-19-20/h1,4-5,8,11-12,14H,2-3,6-7,9-10H2. The summed E-state index contributed by atoms with van der Waals surface area (Å²) >= 11 is 6.26. The van der Waals surface area contributed by atoms with E-state index in [1.54, 1.807) is 11.0 Å². The van der Waals surface area contributed by atoms with Crippen molar-refractivity contribution in [1.82, 2.24) is 19.7 Å². The molecule has 1 aliphatic carbocycles. The van der Waals surface area contributed by atoms with Crippen LogP contribution in [0.1, 0.15) is 31.2 Å². The van der Waals surface area contributed by atoms with Gasteiger partial charge in [-0.2, -0.15) is 5.10 Å². The van der Waals surface area contributed by atoms with E-state index in [4.69, 9.17) is 11.6 Å². The first kappa shape index (κ1) is 15.0. The normalized spacial score (nSPS) is 15.1. The molecule has 1 fully saturated rings. The molecule has 1 aromatic heterocycles. The molecule has 1 aliphatic rings. The average Bonchev–Trinajstić information content (AvgIpc) is 3.19. The first-order chi connectivity index (χ1) is 10.7. The Morgan fingerprint density at radius 2 is 2.09 bits per heavy atom. The summed E-state index contributed by atoms with van der Waals surface area (Å²) in [6, 6.07) is 8.00. The molecular weight excluding hydrogens is 300 g/mol. The molecule has 0 unspecified atom stereocenters. The Bertz CT molecular complexity index is 623. The van der Waals surface area contributed by atoms with Crippen molar-refractivity contribution >= 4 is 17.5 Å². The summed E-state index contributed by atoms with van der Waals surface area (Å²) in [5, 5.41) is 4.73. The summed E-state index contributed by atoms with van der Waals surface area (Å²) < 4.78 is 1.57. The number of hydrogen-bond donors (Lipinski definition) is 0. The SMILES string of the molecule is O=C(Cn1cncn1)N(Cc1ccccc1Cl)C1CCCC1. The van der Waals surface area contributed by atoms with Crippen molar-refractivity contribution < 1.29 is 4.79 Å². The predicted molar refractivity (Wildman–Crippen MR) is 84.3 cm³/mol. The molecule has 0 spiro atoms. The Labute approximate surface area is 134 Å². The van der Waals surface area contributed by atoms with Crippen LogP contribution in [0.4, 0.5) is 0 Å². The van der Waals surface area contributed by atoms with Gasteiger partial charge in [0.2, 0.25) is 5.91 Å². The fourth-order valence-electron chi connectivity index (χ4n) is 2.99. The summed E-state index contributed by atoms with van der Waals surface area (Å²) in [4.78, 5) is 18.6. The third-order valence-corrected chi connectivity index (χ3v) is 4.52. The molecule has 1 saturated carbocycles. The molecular formula is C16H19ClN4O. The topological polar surface area (TPSA) is 51.0 Å². The molecule has 1 amide bonds. The number of halogens is 1. The van der Waals surface area contributed by atoms with Crippen LogP contribution in [-0.2, 0) is 17.9 Å². The zero-order chi connectivity index (χ0) is 15.4. The Hall–Kier alpha value is -1.88. The number of nitrogens with zero attached hydrogens (tertiary/aromatic N) is 4. The van der Waals surface area contributed by atoms with Gasteiger partial charge in [-0.3, -0.25) is 4.79 Å². The number of rotatable bonds is 5. The lowest BCUT2D eigenvalue weighted by Crippen LogP contribution is -2.40. The van der Waals surface area contributed by atoms with Crippen molar-refractivity contribution in [2.24, 2.45) is 0 Å². The van der Waals surface area contributed by atoms with Crippen molar-refractivity contribution in [3.8, 4) is 0 Å². The average molecular weight is 319 g/mol. The fraction of sp³-hybridized carbons (Fsp3) is 0.438. The number of benzene rings is 1. The molecule has 0 aliphatic heterocycles. The Morgan fingerprint density at radius 3 is 2.77 bits per heavy atom. The van der Waals surface area contributed by atoms with Gasteiger partial charge in [-0.15, -0.1) is 0 Å². The molecule has 22 heavy (non-hydrogen) atoms. The van der Waals surface area contributed by atoms with E-state index in [0.29, 0.717) is 17.6 Å². The quantitative estimate of drug-likeness (QED) is 0.851. The van der Waals surface area contributed by atoms with Crippen LogP contribution in [-0.4, -0.2) is 31.6 Å². The highest BCUT2D eigenvalue weighted by molar-refractivity contribution is 6.31. The van der Waals surface area contributed by atoms with Gasteiger partial charge in [-0.1, -0.05) is 42.6 Å². The van der Waals surface area contributed by atoms with E-state index in [1.807, 2.05) is 29.2 Å². The second-order valence-corrected chi connectivity index (χ2v) is 6.05. The second-order valence-electron chi connectivity index (χ2n) is 5.64. The zero-order valence-electron chi connectivity index (χ0n) is 12.4. The van der Waals surface area contributed by atoms with Gasteiger partial charge in [0.25, 0.3) is 0 Å². The van der Waals surface area contributed by atoms with Gasteiger partial charge in [0.05, 0.1) is 0 Å². The van der Waals surface area contributed by atoms with Crippen molar-refractivity contribution in [2.75, 3.05) is 0 Å². The van der Waals surface area contributed by atoms with E-state index in [0.717, 1.165) is 18.4 Å². The Balaban J connectivity index is 1.77. The van der Waals surface area contributed by atoms with Gasteiger partial charge in [-0.05, 0) is 24.5 Å². The maximum atomic E-state index is 12.7. The first-order valence-corrected chi connectivity index (χ1v) is 7.97. The molecule has 1 heterocycles. The number of amides is 1. The van der Waals surface area contributed by atoms with E-state index >= 15 is 0 Å². The van der Waals surface area contributed by atoms with E-state index < -0.39 is 0 Å². The van der Waals surface area contributed by atoms with Crippen molar-refractivity contribution in [1.29, 1.82) is 0 Å². The molecule has 0 bridgehead atoms. The lowest BCUT2D eigenvalue weighted by molar-refractivity contribution is -0.135. The van der Waals surface area contributed by atoms with Gasteiger partial charge < -0.3 is 4.90 Å². The highest BCUT2D eigenvalue weighted by atomic mass is 35.5. The van der Waals surface area contributed by atoms with Crippen LogP contribution < -0.4 is 0 Å². The number of hydrogen-bond acceptors (Lipinski definition) is 3. The van der Waals surface area contributed by atoms with E-state index in [1.165, 1.54) is 19.2 Å². The third-order valence-electron chi connectivity index (χ3n) is 4.15. The predicted octanol–water partition coefficient (Wildman–Crippen LogP) is 2.90. The minimum atomic E-state index is 0.0670. The Morgan fingerprint density at radius 1 is 1.32 bits per heavy atom. The van der Waals surface area contributed by atoms with E-state index in [2.05, 4.69) is 10.1 Å². The molecule has 1 aromatic carbocycles. The number of aromatic nitrogens is 3. The largest absolute Gasteiger partial charge is 0.334 e. The molecule has 0 atom stereocenters. The molecule has 3 rings (SSSR count).